The lowest BCUT2D eigenvalue weighted by molar-refractivity contribution is -0.153. The van der Waals surface area contributed by atoms with Gasteiger partial charge in [-0.05, 0) is 36.9 Å². The van der Waals surface area contributed by atoms with Crippen molar-refractivity contribution in [2.45, 2.75) is 32.8 Å². The van der Waals surface area contributed by atoms with E-state index in [1.165, 1.54) is 12.0 Å². The normalized spacial score (nSPS) is 12.1. The molecule has 0 fully saturated rings. The lowest BCUT2D eigenvalue weighted by Gasteiger charge is -2.16. The third-order valence-electron chi connectivity index (χ3n) is 5.41. The van der Waals surface area contributed by atoms with Crippen LogP contribution in [0.15, 0.2) is 53.9 Å². The quantitative estimate of drug-likeness (QED) is 0.257. The lowest BCUT2D eigenvalue weighted by Crippen LogP contribution is -2.28. The van der Waals surface area contributed by atoms with Gasteiger partial charge in [0.15, 0.2) is 6.10 Å². The Labute approximate surface area is 202 Å². The standard InChI is InChI=1S/C26H27NO4S2/c1-4-30-23(26(28)29-3)16-19-10-11-22(20-13-15-32-24(19)20)31-14-12-21-17(2)33-25(27-21)18-8-6-5-7-9-18/h5-11,13,15,23H,4,12,14,16H2,1-3H3. The first-order valence-corrected chi connectivity index (χ1v) is 12.6. The van der Waals surface area contributed by atoms with Crippen molar-refractivity contribution >= 4 is 38.7 Å². The van der Waals surface area contributed by atoms with E-state index < -0.39 is 6.10 Å². The minimum Gasteiger partial charge on any atom is -0.493 e. The number of carbonyl (C=O) groups is 1. The summed E-state index contributed by atoms with van der Waals surface area (Å²) < 4.78 is 17.8. The first-order chi connectivity index (χ1) is 16.1. The van der Waals surface area contributed by atoms with E-state index in [0.29, 0.717) is 19.6 Å². The number of benzene rings is 2. The van der Waals surface area contributed by atoms with Crippen molar-refractivity contribution in [1.29, 1.82) is 0 Å². The molecule has 0 saturated heterocycles. The van der Waals surface area contributed by atoms with Gasteiger partial charge in [-0.2, -0.15) is 0 Å². The highest BCUT2D eigenvalue weighted by Gasteiger charge is 2.22. The van der Waals surface area contributed by atoms with Crippen LogP contribution in [-0.2, 0) is 27.1 Å². The topological polar surface area (TPSA) is 57.7 Å². The molecule has 0 radical (unpaired) electrons. The van der Waals surface area contributed by atoms with Gasteiger partial charge in [-0.15, -0.1) is 22.7 Å². The fourth-order valence-corrected chi connectivity index (χ4v) is 5.65. The van der Waals surface area contributed by atoms with Crippen LogP contribution < -0.4 is 4.74 Å². The molecule has 1 atom stereocenters. The molecule has 0 spiro atoms. The van der Waals surface area contributed by atoms with Gasteiger partial charge in [0, 0.05) is 40.0 Å². The third kappa shape index (κ3) is 5.43. The second-order valence-electron chi connectivity index (χ2n) is 7.54. The number of carbonyl (C=O) groups excluding carboxylic acids is 1. The van der Waals surface area contributed by atoms with Crippen LogP contribution in [0.5, 0.6) is 5.75 Å². The number of aryl methyl sites for hydroxylation is 1. The summed E-state index contributed by atoms with van der Waals surface area (Å²) in [5.74, 6) is 0.493. The van der Waals surface area contributed by atoms with E-state index in [-0.39, 0.29) is 5.97 Å². The summed E-state index contributed by atoms with van der Waals surface area (Å²) in [7, 11) is 1.39. The highest BCUT2D eigenvalue weighted by atomic mass is 32.1. The molecule has 0 bridgehead atoms. The Morgan fingerprint density at radius 1 is 1.12 bits per heavy atom. The van der Waals surface area contributed by atoms with Crippen LogP contribution in [-0.4, -0.2) is 37.4 Å². The number of rotatable bonds is 10. The Morgan fingerprint density at radius 2 is 1.94 bits per heavy atom. The summed E-state index contributed by atoms with van der Waals surface area (Å²) in [5, 5.41) is 4.14. The van der Waals surface area contributed by atoms with Crippen LogP contribution in [0.2, 0.25) is 0 Å². The van der Waals surface area contributed by atoms with Crippen molar-refractivity contribution in [2.75, 3.05) is 20.3 Å². The van der Waals surface area contributed by atoms with Crippen molar-refractivity contribution < 1.29 is 19.0 Å². The number of thiophene rings is 1. The van der Waals surface area contributed by atoms with Crippen LogP contribution in [0.25, 0.3) is 20.7 Å². The molecule has 4 rings (SSSR count). The molecule has 0 aliphatic carbocycles. The van der Waals surface area contributed by atoms with E-state index in [1.807, 2.05) is 42.6 Å². The third-order valence-corrected chi connectivity index (χ3v) is 7.46. The second-order valence-corrected chi connectivity index (χ2v) is 9.66. The molecule has 0 saturated carbocycles. The fourth-order valence-electron chi connectivity index (χ4n) is 3.74. The summed E-state index contributed by atoms with van der Waals surface area (Å²) in [5.41, 5.74) is 3.28. The highest BCUT2D eigenvalue weighted by molar-refractivity contribution is 7.17. The van der Waals surface area contributed by atoms with E-state index in [4.69, 9.17) is 19.2 Å². The minimum absolute atomic E-state index is 0.351. The fraction of sp³-hybridized carbons (Fsp3) is 0.308. The van der Waals surface area contributed by atoms with Crippen molar-refractivity contribution in [1.82, 2.24) is 4.98 Å². The lowest BCUT2D eigenvalue weighted by atomic mass is 10.1. The van der Waals surface area contributed by atoms with Crippen molar-refractivity contribution in [3.05, 3.63) is 70.0 Å². The van der Waals surface area contributed by atoms with Gasteiger partial charge in [-0.1, -0.05) is 36.4 Å². The molecule has 7 heteroatoms. The zero-order valence-corrected chi connectivity index (χ0v) is 20.6. The molecule has 5 nitrogen and oxygen atoms in total. The van der Waals surface area contributed by atoms with Gasteiger partial charge in [-0.3, -0.25) is 0 Å². The van der Waals surface area contributed by atoms with Gasteiger partial charge in [0.25, 0.3) is 0 Å². The van der Waals surface area contributed by atoms with Crippen LogP contribution >= 0.6 is 22.7 Å². The van der Waals surface area contributed by atoms with Crippen LogP contribution in [0.1, 0.15) is 23.1 Å². The monoisotopic (exact) mass is 481 g/mol. The number of ether oxygens (including phenoxy) is 3. The molecule has 4 aromatic rings. The zero-order valence-electron chi connectivity index (χ0n) is 19.0. The summed E-state index contributed by atoms with van der Waals surface area (Å²) in [4.78, 5) is 18.1. The Hall–Kier alpha value is -2.74. The Morgan fingerprint density at radius 3 is 2.70 bits per heavy atom. The van der Waals surface area contributed by atoms with Gasteiger partial charge in [-0.25, -0.2) is 9.78 Å². The molecular formula is C26H27NO4S2. The van der Waals surface area contributed by atoms with E-state index in [2.05, 4.69) is 25.1 Å². The second kappa shape index (κ2) is 10.9. The van der Waals surface area contributed by atoms with E-state index in [9.17, 15) is 4.79 Å². The molecule has 0 aliphatic rings. The number of esters is 1. The molecule has 2 heterocycles. The van der Waals surface area contributed by atoms with Gasteiger partial charge in [0.05, 0.1) is 19.4 Å². The average Bonchev–Trinajstić information content (AvgIpc) is 3.47. The smallest absolute Gasteiger partial charge is 0.335 e. The summed E-state index contributed by atoms with van der Waals surface area (Å²) >= 11 is 3.36. The number of fused-ring (bicyclic) bond motifs is 1. The van der Waals surface area contributed by atoms with E-state index in [0.717, 1.165) is 44.1 Å². The summed E-state index contributed by atoms with van der Waals surface area (Å²) in [6.07, 6.45) is 0.610. The maximum Gasteiger partial charge on any atom is 0.335 e. The Bertz CT molecular complexity index is 1220. The first kappa shape index (κ1) is 23.4. The van der Waals surface area contributed by atoms with Gasteiger partial charge in [0.1, 0.15) is 10.8 Å². The predicted octanol–water partition coefficient (Wildman–Crippen LogP) is 6.08. The molecule has 172 valence electrons. The Balaban J connectivity index is 1.45. The summed E-state index contributed by atoms with van der Waals surface area (Å²) in [6.45, 7) is 4.99. The Kier molecular flexibility index (Phi) is 7.75. The maximum atomic E-state index is 12.1. The highest BCUT2D eigenvalue weighted by Crippen LogP contribution is 2.34. The largest absolute Gasteiger partial charge is 0.493 e. The van der Waals surface area contributed by atoms with Crippen molar-refractivity contribution in [3.8, 4) is 16.3 Å². The van der Waals surface area contributed by atoms with Gasteiger partial charge in [0.2, 0.25) is 0 Å². The number of methoxy groups -OCH3 is 1. The molecule has 33 heavy (non-hydrogen) atoms. The van der Waals surface area contributed by atoms with Crippen molar-refractivity contribution in [3.63, 3.8) is 0 Å². The SMILES string of the molecule is CCOC(Cc1ccc(OCCc2nc(-c3ccccc3)sc2C)c2ccsc12)C(=O)OC. The van der Waals surface area contributed by atoms with Crippen LogP contribution in [0.3, 0.4) is 0 Å². The first-order valence-electron chi connectivity index (χ1n) is 10.9. The molecule has 2 aromatic carbocycles. The van der Waals surface area contributed by atoms with E-state index >= 15 is 0 Å². The average molecular weight is 482 g/mol. The molecular weight excluding hydrogens is 454 g/mol. The van der Waals surface area contributed by atoms with Gasteiger partial charge < -0.3 is 14.2 Å². The van der Waals surface area contributed by atoms with Crippen LogP contribution in [0.4, 0.5) is 0 Å². The number of nitrogens with zero attached hydrogens (tertiary/aromatic N) is 1. The van der Waals surface area contributed by atoms with Crippen LogP contribution in [0, 0.1) is 6.92 Å². The number of thiazole rings is 1. The molecule has 0 N–H and O–H groups in total. The number of hydrogen-bond acceptors (Lipinski definition) is 7. The maximum absolute atomic E-state index is 12.1. The minimum atomic E-state index is -0.608. The number of aromatic nitrogens is 1. The molecule has 1 unspecified atom stereocenters. The predicted molar refractivity (Wildman–Crippen MR) is 134 cm³/mol. The molecule has 0 amide bonds. The van der Waals surface area contributed by atoms with E-state index in [1.54, 1.807) is 22.7 Å². The molecule has 2 aromatic heterocycles. The number of hydrogen-bond donors (Lipinski definition) is 0. The van der Waals surface area contributed by atoms with Gasteiger partial charge >= 0.3 is 5.97 Å². The summed E-state index contributed by atoms with van der Waals surface area (Å²) in [6, 6.07) is 16.3. The molecule has 0 aliphatic heterocycles. The van der Waals surface area contributed by atoms with Crippen molar-refractivity contribution in [2.24, 2.45) is 0 Å². The zero-order chi connectivity index (χ0) is 23.2.